The molecule has 0 aliphatic carbocycles. The van der Waals surface area contributed by atoms with Gasteiger partial charge in [-0.25, -0.2) is 4.98 Å². The van der Waals surface area contributed by atoms with E-state index in [9.17, 15) is 0 Å². The minimum Gasteiger partial charge on any atom is -0.319 e. The van der Waals surface area contributed by atoms with Crippen molar-refractivity contribution in [1.82, 2.24) is 9.55 Å². The monoisotopic (exact) mass is 237 g/mol. The number of aryl methyl sites for hydroxylation is 1. The van der Waals surface area contributed by atoms with Gasteiger partial charge in [-0.15, -0.1) is 0 Å². The lowest BCUT2D eigenvalue weighted by Gasteiger charge is -2.20. The van der Waals surface area contributed by atoms with Crippen LogP contribution in [0.15, 0.2) is 6.20 Å². The van der Waals surface area contributed by atoms with Crippen molar-refractivity contribution in [1.29, 1.82) is 0 Å². The summed E-state index contributed by atoms with van der Waals surface area (Å²) in [4.78, 5) is 4.80. The van der Waals surface area contributed by atoms with Crippen LogP contribution in [-0.2, 0) is 6.42 Å². The molecule has 1 aromatic heterocycles. The van der Waals surface area contributed by atoms with E-state index in [1.165, 1.54) is 42.3 Å². The van der Waals surface area contributed by atoms with Gasteiger partial charge in [-0.05, 0) is 37.2 Å². The number of nitrogens with two attached hydrogens (primary N) is 1. The third kappa shape index (κ3) is 1.89. The van der Waals surface area contributed by atoms with Crippen LogP contribution >= 0.6 is 11.8 Å². The fourth-order valence-corrected chi connectivity index (χ4v) is 3.83. The minimum atomic E-state index is 0.169. The van der Waals surface area contributed by atoms with Crippen molar-refractivity contribution in [2.45, 2.75) is 44.2 Å². The third-order valence-corrected chi connectivity index (χ3v) is 4.77. The molecule has 0 aromatic carbocycles. The fraction of sp³-hybridized carbons (Fsp3) is 0.750. The predicted molar refractivity (Wildman–Crippen MR) is 67.7 cm³/mol. The molecule has 1 saturated heterocycles. The molecule has 88 valence electrons. The summed E-state index contributed by atoms with van der Waals surface area (Å²) in [6.45, 7) is 0. The van der Waals surface area contributed by atoms with Crippen LogP contribution in [0.4, 0.5) is 0 Å². The first-order chi connectivity index (χ1) is 7.84. The summed E-state index contributed by atoms with van der Waals surface area (Å²) in [7, 11) is 0. The molecule has 3 rings (SSSR count). The molecule has 0 radical (unpaired) electrons. The number of hydrogen-bond acceptors (Lipinski definition) is 3. The quantitative estimate of drug-likeness (QED) is 0.815. The van der Waals surface area contributed by atoms with E-state index in [-0.39, 0.29) is 6.17 Å². The summed E-state index contributed by atoms with van der Waals surface area (Å²) in [6.07, 6.45) is 8.37. The summed E-state index contributed by atoms with van der Waals surface area (Å²) in [5.41, 5.74) is 7.41. The van der Waals surface area contributed by atoms with Crippen molar-refractivity contribution in [3.05, 3.63) is 17.7 Å². The highest BCUT2D eigenvalue weighted by molar-refractivity contribution is 7.99. The Kier molecular flexibility index (Phi) is 2.94. The van der Waals surface area contributed by atoms with Gasteiger partial charge in [0.05, 0.1) is 11.9 Å². The summed E-state index contributed by atoms with van der Waals surface area (Å²) in [5, 5.41) is 0. The Morgan fingerprint density at radius 2 is 2.12 bits per heavy atom. The number of nitrogens with zero attached hydrogens (tertiary/aromatic N) is 2. The van der Waals surface area contributed by atoms with Crippen LogP contribution in [0.1, 0.15) is 49.3 Å². The largest absolute Gasteiger partial charge is 0.319 e. The van der Waals surface area contributed by atoms with Gasteiger partial charge < -0.3 is 10.3 Å². The van der Waals surface area contributed by atoms with Crippen molar-refractivity contribution in [3.63, 3.8) is 0 Å². The highest BCUT2D eigenvalue weighted by atomic mass is 32.2. The Balaban J connectivity index is 1.85. The van der Waals surface area contributed by atoms with Crippen molar-refractivity contribution in [3.8, 4) is 0 Å². The molecule has 0 amide bonds. The lowest BCUT2D eigenvalue weighted by molar-refractivity contribution is 0.408. The molecule has 4 heteroatoms. The van der Waals surface area contributed by atoms with Crippen LogP contribution < -0.4 is 5.73 Å². The number of imidazole rings is 1. The molecule has 16 heavy (non-hydrogen) atoms. The first-order valence-corrected chi connectivity index (χ1v) is 7.41. The molecule has 2 N–H and O–H groups in total. The predicted octanol–water partition coefficient (Wildman–Crippen LogP) is 2.29. The first-order valence-electron chi connectivity index (χ1n) is 6.25. The maximum absolute atomic E-state index is 6.11. The van der Waals surface area contributed by atoms with Gasteiger partial charge in [0.25, 0.3) is 0 Å². The highest BCUT2D eigenvalue weighted by Crippen LogP contribution is 2.32. The average Bonchev–Trinajstić information content (AvgIpc) is 2.76. The zero-order chi connectivity index (χ0) is 11.0. The number of rotatable bonds is 1. The molecule has 1 unspecified atom stereocenters. The third-order valence-electron chi connectivity index (χ3n) is 3.72. The van der Waals surface area contributed by atoms with Gasteiger partial charge in [-0.1, -0.05) is 0 Å². The van der Waals surface area contributed by atoms with Crippen LogP contribution in [0.25, 0.3) is 0 Å². The standard InChI is InChI=1S/C12H19N3S/c13-11-2-1-3-12-14-10(8-15(11)12)9-4-6-16-7-5-9/h8-9,11H,1-7,13H2. The van der Waals surface area contributed by atoms with E-state index in [0.29, 0.717) is 5.92 Å². The lowest BCUT2D eigenvalue weighted by Crippen LogP contribution is -2.24. The molecule has 2 aliphatic heterocycles. The van der Waals surface area contributed by atoms with Gasteiger partial charge in [-0.2, -0.15) is 11.8 Å². The molecule has 1 atom stereocenters. The van der Waals surface area contributed by atoms with Crippen molar-refractivity contribution >= 4 is 11.8 Å². The summed E-state index contributed by atoms with van der Waals surface area (Å²) < 4.78 is 2.21. The summed E-state index contributed by atoms with van der Waals surface area (Å²) in [5.74, 6) is 4.48. The topological polar surface area (TPSA) is 43.8 Å². The van der Waals surface area contributed by atoms with Gasteiger partial charge >= 0.3 is 0 Å². The Hall–Kier alpha value is -0.480. The first kappa shape index (κ1) is 10.7. The van der Waals surface area contributed by atoms with E-state index in [1.54, 1.807) is 0 Å². The second-order valence-electron chi connectivity index (χ2n) is 4.84. The van der Waals surface area contributed by atoms with Gasteiger partial charge in [0.1, 0.15) is 5.82 Å². The molecule has 3 nitrogen and oxygen atoms in total. The zero-order valence-electron chi connectivity index (χ0n) is 9.56. The van der Waals surface area contributed by atoms with E-state index in [0.717, 1.165) is 12.8 Å². The zero-order valence-corrected chi connectivity index (χ0v) is 10.4. The Labute approximate surface area is 101 Å². The minimum absolute atomic E-state index is 0.169. The molecule has 1 fully saturated rings. The molecule has 0 saturated carbocycles. The van der Waals surface area contributed by atoms with E-state index in [1.807, 2.05) is 0 Å². The number of fused-ring (bicyclic) bond motifs is 1. The van der Waals surface area contributed by atoms with E-state index < -0.39 is 0 Å². The van der Waals surface area contributed by atoms with Crippen LogP contribution in [0.2, 0.25) is 0 Å². The highest BCUT2D eigenvalue weighted by Gasteiger charge is 2.23. The second kappa shape index (κ2) is 4.41. The van der Waals surface area contributed by atoms with E-state index in [2.05, 4.69) is 22.5 Å². The molecule has 2 aliphatic rings. The summed E-state index contributed by atoms with van der Waals surface area (Å²) in [6, 6.07) is 0. The second-order valence-corrected chi connectivity index (χ2v) is 6.06. The van der Waals surface area contributed by atoms with Crippen molar-refractivity contribution in [2.75, 3.05) is 11.5 Å². The maximum atomic E-state index is 6.11. The molecular formula is C12H19N3S. The van der Waals surface area contributed by atoms with Crippen LogP contribution in [0, 0.1) is 0 Å². The molecule has 3 heterocycles. The van der Waals surface area contributed by atoms with E-state index >= 15 is 0 Å². The smallest absolute Gasteiger partial charge is 0.110 e. The Bertz CT molecular complexity index is 368. The van der Waals surface area contributed by atoms with E-state index in [4.69, 9.17) is 10.7 Å². The molecule has 0 bridgehead atoms. The molecular weight excluding hydrogens is 218 g/mol. The number of aromatic nitrogens is 2. The van der Waals surface area contributed by atoms with Crippen molar-refractivity contribution < 1.29 is 0 Å². The SMILES string of the molecule is NC1CCCc2nc(C3CCSCC3)cn21. The van der Waals surface area contributed by atoms with Gasteiger partial charge in [0, 0.05) is 18.5 Å². The average molecular weight is 237 g/mol. The summed E-state index contributed by atoms with van der Waals surface area (Å²) >= 11 is 2.07. The van der Waals surface area contributed by atoms with Gasteiger partial charge in [0.15, 0.2) is 0 Å². The lowest BCUT2D eigenvalue weighted by atomic mass is 10.00. The normalized spacial score (nSPS) is 26.7. The molecule has 0 spiro atoms. The van der Waals surface area contributed by atoms with Crippen LogP contribution in [-0.4, -0.2) is 21.1 Å². The number of hydrogen-bond donors (Lipinski definition) is 1. The maximum Gasteiger partial charge on any atom is 0.110 e. The van der Waals surface area contributed by atoms with Crippen LogP contribution in [0.3, 0.4) is 0 Å². The van der Waals surface area contributed by atoms with Gasteiger partial charge in [-0.3, -0.25) is 0 Å². The Morgan fingerprint density at radius 1 is 1.31 bits per heavy atom. The van der Waals surface area contributed by atoms with Crippen molar-refractivity contribution in [2.24, 2.45) is 5.73 Å². The number of thioether (sulfide) groups is 1. The van der Waals surface area contributed by atoms with Gasteiger partial charge in [0.2, 0.25) is 0 Å². The Morgan fingerprint density at radius 3 is 2.88 bits per heavy atom. The molecule has 1 aromatic rings. The van der Waals surface area contributed by atoms with Crippen LogP contribution in [0.5, 0.6) is 0 Å². The fourth-order valence-electron chi connectivity index (χ4n) is 2.72.